The minimum Gasteiger partial charge on any atom is -0.245 e. The van der Waals surface area contributed by atoms with E-state index in [1.54, 1.807) is 0 Å². The van der Waals surface area contributed by atoms with E-state index in [4.69, 9.17) is 0 Å². The molecule has 0 N–H and O–H groups in total. The minimum absolute atomic E-state index is 0.0636. The Kier molecular flexibility index (Phi) is 3.66. The molecule has 3 nitrogen and oxygen atoms in total. The average molecular weight is 233 g/mol. The largest absolute Gasteiger partial charge is 0.245 e. The normalized spacial score (nSPS) is 14.2. The maximum absolute atomic E-state index is 11.0. The average Bonchev–Trinajstić information content (AvgIpc) is 2.48. The molecule has 1 aromatic rings. The van der Waals surface area contributed by atoms with Crippen molar-refractivity contribution in [2.45, 2.75) is 31.9 Å². The van der Waals surface area contributed by atoms with Crippen molar-refractivity contribution in [2.24, 2.45) is 0 Å². The Hall–Kier alpha value is -0.420. The number of hydrogen-bond acceptors (Lipinski definition) is 4. The highest BCUT2D eigenvalue weighted by Gasteiger charge is 2.11. The number of aromatic nitrogens is 1. The molecular formula is C9H15NO2S2. The molecule has 0 radical (unpaired) electrons. The zero-order valence-corrected chi connectivity index (χ0v) is 10.3. The summed E-state index contributed by atoms with van der Waals surface area (Å²) < 4.78 is 22.0. The lowest BCUT2D eigenvalue weighted by molar-refractivity contribution is 0.600. The fourth-order valence-electron chi connectivity index (χ4n) is 1.05. The number of hydrogen-bond donors (Lipinski definition) is 0. The zero-order valence-electron chi connectivity index (χ0n) is 8.65. The van der Waals surface area contributed by atoms with E-state index in [0.717, 1.165) is 12.1 Å². The number of thiazole rings is 1. The van der Waals surface area contributed by atoms with Gasteiger partial charge in [-0.3, -0.25) is 0 Å². The van der Waals surface area contributed by atoms with E-state index in [1.165, 1.54) is 17.6 Å². The molecule has 0 fully saturated rings. The van der Waals surface area contributed by atoms with Gasteiger partial charge >= 0.3 is 0 Å². The van der Waals surface area contributed by atoms with Crippen molar-refractivity contribution in [1.82, 2.24) is 4.98 Å². The molecule has 14 heavy (non-hydrogen) atoms. The van der Waals surface area contributed by atoms with Gasteiger partial charge in [-0.1, -0.05) is 13.8 Å². The third-order valence-corrected chi connectivity index (χ3v) is 3.92. The molecule has 0 aromatic carbocycles. The first kappa shape index (κ1) is 11.7. The second-order valence-electron chi connectivity index (χ2n) is 3.55. The molecule has 1 unspecified atom stereocenters. The highest BCUT2D eigenvalue weighted by atomic mass is 32.2. The summed E-state index contributed by atoms with van der Waals surface area (Å²) in [6.07, 6.45) is 2.26. The van der Waals surface area contributed by atoms with Crippen molar-refractivity contribution in [2.75, 3.05) is 6.26 Å². The zero-order chi connectivity index (χ0) is 10.8. The molecule has 0 bridgehead atoms. The quantitative estimate of drug-likeness (QED) is 0.801. The molecule has 80 valence electrons. The summed E-state index contributed by atoms with van der Waals surface area (Å²) in [7, 11) is -2.95. The van der Waals surface area contributed by atoms with E-state index < -0.39 is 9.84 Å². The first-order valence-corrected chi connectivity index (χ1v) is 7.48. The lowest BCUT2D eigenvalue weighted by Gasteiger charge is -2.02. The predicted molar refractivity (Wildman–Crippen MR) is 59.4 cm³/mol. The monoisotopic (exact) mass is 233 g/mol. The maximum atomic E-state index is 11.0. The third-order valence-electron chi connectivity index (χ3n) is 2.07. The third kappa shape index (κ3) is 3.38. The van der Waals surface area contributed by atoms with Crippen molar-refractivity contribution < 1.29 is 8.42 Å². The van der Waals surface area contributed by atoms with Crippen LogP contribution in [0.25, 0.3) is 0 Å². The Bertz CT molecular complexity index is 395. The summed E-state index contributed by atoms with van der Waals surface area (Å²) in [6, 6.07) is 0. The summed E-state index contributed by atoms with van der Waals surface area (Å²) in [5.74, 6) is 0.480. The lowest BCUT2D eigenvalue weighted by Crippen LogP contribution is -2.01. The van der Waals surface area contributed by atoms with Crippen LogP contribution in [-0.4, -0.2) is 19.7 Å². The van der Waals surface area contributed by atoms with Crippen LogP contribution in [0.1, 0.15) is 36.9 Å². The van der Waals surface area contributed by atoms with E-state index >= 15 is 0 Å². The number of nitrogens with zero attached hydrogens (tertiary/aromatic N) is 1. The van der Waals surface area contributed by atoms with Crippen molar-refractivity contribution >= 4 is 21.2 Å². The van der Waals surface area contributed by atoms with Crippen molar-refractivity contribution in [3.05, 3.63) is 16.1 Å². The Morgan fingerprint density at radius 3 is 2.71 bits per heavy atom. The molecule has 5 heteroatoms. The van der Waals surface area contributed by atoms with Crippen LogP contribution in [0, 0.1) is 0 Å². The Balaban J connectivity index is 2.79. The lowest BCUT2D eigenvalue weighted by atomic mass is 10.1. The molecule has 0 aliphatic heterocycles. The van der Waals surface area contributed by atoms with Crippen LogP contribution < -0.4 is 0 Å². The first-order valence-electron chi connectivity index (χ1n) is 4.54. The molecule has 0 aliphatic rings. The van der Waals surface area contributed by atoms with Crippen molar-refractivity contribution in [1.29, 1.82) is 0 Å². The molecule has 0 saturated carbocycles. The van der Waals surface area contributed by atoms with Crippen LogP contribution in [-0.2, 0) is 15.6 Å². The van der Waals surface area contributed by atoms with Gasteiger partial charge in [-0.15, -0.1) is 11.3 Å². The fourth-order valence-corrected chi connectivity index (χ4v) is 3.18. The van der Waals surface area contributed by atoms with E-state index in [-0.39, 0.29) is 5.75 Å². The summed E-state index contributed by atoms with van der Waals surface area (Å²) >= 11 is 1.43. The second-order valence-corrected chi connectivity index (χ2v) is 6.63. The van der Waals surface area contributed by atoms with Crippen LogP contribution in [0.4, 0.5) is 0 Å². The topological polar surface area (TPSA) is 47.0 Å². The highest BCUT2D eigenvalue weighted by Crippen LogP contribution is 2.21. The van der Waals surface area contributed by atoms with Crippen molar-refractivity contribution in [3.63, 3.8) is 0 Å². The second kappa shape index (κ2) is 4.40. The van der Waals surface area contributed by atoms with Gasteiger partial charge in [0.1, 0.15) is 10.8 Å². The summed E-state index contributed by atoms with van der Waals surface area (Å²) in [5.41, 5.74) is 1.01. The van der Waals surface area contributed by atoms with Gasteiger partial charge in [-0.2, -0.15) is 0 Å². The smallest absolute Gasteiger partial charge is 0.153 e. The van der Waals surface area contributed by atoms with Gasteiger partial charge in [-0.05, 0) is 12.3 Å². The predicted octanol–water partition coefficient (Wildman–Crippen LogP) is 2.20. The van der Waals surface area contributed by atoms with E-state index in [2.05, 4.69) is 18.8 Å². The highest BCUT2D eigenvalue weighted by molar-refractivity contribution is 7.90. The summed E-state index contributed by atoms with van der Waals surface area (Å²) in [5, 5.41) is 2.65. The van der Waals surface area contributed by atoms with Crippen LogP contribution in [0.3, 0.4) is 0 Å². The molecule has 1 rings (SSSR count). The first-order chi connectivity index (χ1) is 6.42. The van der Waals surface area contributed by atoms with Crippen LogP contribution in [0.15, 0.2) is 5.38 Å². The Morgan fingerprint density at radius 2 is 2.21 bits per heavy atom. The Labute approximate surface area is 89.1 Å². The van der Waals surface area contributed by atoms with Gasteiger partial charge in [0.2, 0.25) is 0 Å². The molecular weight excluding hydrogens is 218 g/mol. The van der Waals surface area contributed by atoms with Crippen LogP contribution >= 0.6 is 11.3 Å². The van der Waals surface area contributed by atoms with Gasteiger partial charge in [0.15, 0.2) is 9.84 Å². The molecule has 1 aromatic heterocycles. The summed E-state index contributed by atoms with van der Waals surface area (Å²) in [4.78, 5) is 4.31. The van der Waals surface area contributed by atoms with Crippen LogP contribution in [0.5, 0.6) is 0 Å². The maximum Gasteiger partial charge on any atom is 0.153 e. The molecule has 0 saturated heterocycles. The molecule has 0 spiro atoms. The van der Waals surface area contributed by atoms with Crippen molar-refractivity contribution in [3.8, 4) is 0 Å². The SMILES string of the molecule is CCC(C)c1csc(CS(C)(=O)=O)n1. The molecule has 1 heterocycles. The van der Waals surface area contributed by atoms with Gasteiger partial charge < -0.3 is 0 Å². The van der Waals surface area contributed by atoms with E-state index in [9.17, 15) is 8.42 Å². The molecule has 0 amide bonds. The van der Waals surface area contributed by atoms with Gasteiger partial charge in [0.25, 0.3) is 0 Å². The van der Waals surface area contributed by atoms with Gasteiger partial charge in [0, 0.05) is 11.6 Å². The van der Waals surface area contributed by atoms with Gasteiger partial charge in [0.05, 0.1) is 5.69 Å². The number of sulfone groups is 1. The minimum atomic E-state index is -2.95. The summed E-state index contributed by atoms with van der Waals surface area (Å²) in [6.45, 7) is 4.19. The number of rotatable bonds is 4. The van der Waals surface area contributed by atoms with E-state index in [1.807, 2.05) is 5.38 Å². The fraction of sp³-hybridized carbons (Fsp3) is 0.667. The standard InChI is InChI=1S/C9H15NO2S2/c1-4-7(2)8-5-13-9(10-8)6-14(3,11)12/h5,7H,4,6H2,1-3H3. The van der Waals surface area contributed by atoms with E-state index in [0.29, 0.717) is 10.9 Å². The molecule has 0 aliphatic carbocycles. The molecule has 1 atom stereocenters. The Morgan fingerprint density at radius 1 is 1.57 bits per heavy atom. The van der Waals surface area contributed by atoms with Gasteiger partial charge in [-0.25, -0.2) is 13.4 Å². The van der Waals surface area contributed by atoms with Crippen LogP contribution in [0.2, 0.25) is 0 Å².